The van der Waals surface area contributed by atoms with Crippen molar-refractivity contribution in [2.75, 3.05) is 27.9 Å². The van der Waals surface area contributed by atoms with Crippen LogP contribution >= 0.6 is 0 Å². The average molecular weight is 339 g/mol. The Bertz CT molecular complexity index is 419. The lowest BCUT2D eigenvalue weighted by molar-refractivity contribution is 0.122. The Morgan fingerprint density at radius 3 is 2.30 bits per heavy atom. The van der Waals surface area contributed by atoms with Crippen LogP contribution in [0.4, 0.5) is 0 Å². The minimum Gasteiger partial charge on any atom is -0.389 e. The number of hydrogen-bond donors (Lipinski definition) is 2. The lowest BCUT2D eigenvalue weighted by Crippen LogP contribution is -2.44. The van der Waals surface area contributed by atoms with Crippen molar-refractivity contribution in [2.24, 2.45) is 0 Å². The summed E-state index contributed by atoms with van der Waals surface area (Å²) in [6, 6.07) is 11.5. The van der Waals surface area contributed by atoms with Crippen molar-refractivity contribution in [2.45, 2.75) is 31.5 Å². The topological polar surface area (TPSA) is 51.8 Å². The van der Waals surface area contributed by atoms with Gasteiger partial charge in [0.15, 0.2) is 0 Å². The van der Waals surface area contributed by atoms with Gasteiger partial charge >= 0.3 is 8.80 Å². The fourth-order valence-electron chi connectivity index (χ4n) is 2.49. The second-order valence-electron chi connectivity index (χ2n) is 5.35. The first kappa shape index (κ1) is 19.9. The Hall–Kier alpha value is -1.18. The lowest BCUT2D eigenvalue weighted by Gasteiger charge is -2.26. The second-order valence-corrected chi connectivity index (χ2v) is 8.44. The highest BCUT2D eigenvalue weighted by Crippen LogP contribution is 2.17. The van der Waals surface area contributed by atoms with Crippen LogP contribution < -0.4 is 10.6 Å². The maximum atomic E-state index is 5.47. The van der Waals surface area contributed by atoms with Crippen molar-refractivity contribution in [3.05, 3.63) is 48.7 Å². The zero-order valence-corrected chi connectivity index (χ0v) is 15.5. The van der Waals surface area contributed by atoms with Gasteiger partial charge in [-0.15, -0.1) is 0 Å². The standard InChI is InChI=1S/C17H30N2O3Si/c1-5-19-17(12-14-23(20-2,21-3)22-4)11-13-18-15-16-9-7-6-8-10-16/h5-10,17-19H,1,11-15H2,2-4H3. The SMILES string of the molecule is C=CNC(CCNCc1ccccc1)CC[Si](OC)(OC)OC. The van der Waals surface area contributed by atoms with Gasteiger partial charge in [-0.3, -0.25) is 0 Å². The second kappa shape index (κ2) is 11.4. The molecule has 0 saturated heterocycles. The zero-order valence-electron chi connectivity index (χ0n) is 14.5. The van der Waals surface area contributed by atoms with Crippen molar-refractivity contribution in [1.29, 1.82) is 0 Å². The Morgan fingerprint density at radius 2 is 1.74 bits per heavy atom. The third kappa shape index (κ3) is 7.28. The highest BCUT2D eigenvalue weighted by molar-refractivity contribution is 6.60. The normalized spacial score (nSPS) is 12.8. The van der Waals surface area contributed by atoms with Gasteiger partial charge in [0.1, 0.15) is 0 Å². The molecule has 0 fully saturated rings. The summed E-state index contributed by atoms with van der Waals surface area (Å²) in [5.74, 6) is 0. The quantitative estimate of drug-likeness (QED) is 0.428. The molecule has 1 unspecified atom stereocenters. The highest BCUT2D eigenvalue weighted by atomic mass is 28.4. The molecule has 23 heavy (non-hydrogen) atoms. The molecule has 1 rings (SSSR count). The molecule has 0 bridgehead atoms. The van der Waals surface area contributed by atoms with Crippen molar-refractivity contribution in [3.63, 3.8) is 0 Å². The Balaban J connectivity index is 2.35. The summed E-state index contributed by atoms with van der Waals surface area (Å²) in [4.78, 5) is 0. The summed E-state index contributed by atoms with van der Waals surface area (Å²) in [6.45, 7) is 5.58. The van der Waals surface area contributed by atoms with E-state index in [1.807, 2.05) is 6.07 Å². The summed E-state index contributed by atoms with van der Waals surface area (Å²) in [5.41, 5.74) is 1.30. The molecule has 2 N–H and O–H groups in total. The van der Waals surface area contributed by atoms with Gasteiger partial charge < -0.3 is 23.9 Å². The molecule has 1 aromatic carbocycles. The van der Waals surface area contributed by atoms with E-state index in [1.54, 1.807) is 27.5 Å². The molecule has 5 nitrogen and oxygen atoms in total. The zero-order chi connectivity index (χ0) is 17.0. The molecule has 0 aliphatic heterocycles. The van der Waals surface area contributed by atoms with E-state index >= 15 is 0 Å². The summed E-state index contributed by atoms with van der Waals surface area (Å²) < 4.78 is 16.4. The van der Waals surface area contributed by atoms with Crippen LogP contribution in [0.2, 0.25) is 6.04 Å². The fraction of sp³-hybridized carbons (Fsp3) is 0.529. The maximum absolute atomic E-state index is 5.47. The van der Waals surface area contributed by atoms with Crippen molar-refractivity contribution >= 4 is 8.80 Å². The molecule has 6 heteroatoms. The van der Waals surface area contributed by atoms with Crippen LogP contribution in [0.25, 0.3) is 0 Å². The van der Waals surface area contributed by atoms with Crippen LogP contribution in [0.3, 0.4) is 0 Å². The van der Waals surface area contributed by atoms with Gasteiger partial charge in [-0.25, -0.2) is 0 Å². The number of hydrogen-bond acceptors (Lipinski definition) is 5. The Morgan fingerprint density at radius 1 is 1.09 bits per heavy atom. The molecule has 0 aliphatic rings. The van der Waals surface area contributed by atoms with Crippen LogP contribution in [0, 0.1) is 0 Å². The van der Waals surface area contributed by atoms with Crippen LogP contribution in [0.15, 0.2) is 43.1 Å². The maximum Gasteiger partial charge on any atom is 0.500 e. The molecule has 1 atom stereocenters. The van der Waals surface area contributed by atoms with Gasteiger partial charge in [0, 0.05) is 40.0 Å². The van der Waals surface area contributed by atoms with E-state index < -0.39 is 8.80 Å². The first-order valence-electron chi connectivity index (χ1n) is 7.96. The molecular formula is C17H30N2O3Si. The summed E-state index contributed by atoms with van der Waals surface area (Å²) in [5, 5.41) is 6.78. The van der Waals surface area contributed by atoms with Crippen molar-refractivity contribution < 1.29 is 13.3 Å². The molecule has 0 spiro atoms. The first-order valence-corrected chi connectivity index (χ1v) is 9.90. The fourth-order valence-corrected chi connectivity index (χ4v) is 4.30. The smallest absolute Gasteiger partial charge is 0.389 e. The van der Waals surface area contributed by atoms with E-state index in [1.165, 1.54) is 5.56 Å². The number of nitrogens with one attached hydrogen (secondary N) is 2. The van der Waals surface area contributed by atoms with Gasteiger partial charge in [-0.2, -0.15) is 0 Å². The molecule has 130 valence electrons. The molecule has 0 aliphatic carbocycles. The van der Waals surface area contributed by atoms with Crippen LogP contribution in [-0.2, 0) is 19.8 Å². The van der Waals surface area contributed by atoms with E-state index in [-0.39, 0.29) is 0 Å². The highest BCUT2D eigenvalue weighted by Gasteiger charge is 2.37. The molecule has 0 heterocycles. The van der Waals surface area contributed by atoms with E-state index in [4.69, 9.17) is 13.3 Å². The first-order chi connectivity index (χ1) is 11.2. The van der Waals surface area contributed by atoms with Gasteiger partial charge in [0.05, 0.1) is 0 Å². The lowest BCUT2D eigenvalue weighted by atomic mass is 10.1. The van der Waals surface area contributed by atoms with Crippen LogP contribution in [0.5, 0.6) is 0 Å². The minimum atomic E-state index is -2.50. The third-order valence-corrected chi connectivity index (χ3v) is 6.69. The summed E-state index contributed by atoms with van der Waals surface area (Å²) in [7, 11) is 2.44. The summed E-state index contributed by atoms with van der Waals surface area (Å²) in [6.07, 6.45) is 3.67. The van der Waals surface area contributed by atoms with Gasteiger partial charge in [0.2, 0.25) is 0 Å². The largest absolute Gasteiger partial charge is 0.500 e. The molecular weight excluding hydrogens is 308 g/mol. The molecule has 0 radical (unpaired) electrons. The molecule has 1 aromatic rings. The van der Waals surface area contributed by atoms with Gasteiger partial charge in [-0.05, 0) is 31.1 Å². The predicted octanol–water partition coefficient (Wildman–Crippen LogP) is 2.54. The van der Waals surface area contributed by atoms with E-state index in [2.05, 4.69) is 41.5 Å². The Kier molecular flexibility index (Phi) is 9.82. The van der Waals surface area contributed by atoms with Crippen LogP contribution in [-0.4, -0.2) is 42.7 Å². The molecule has 0 saturated carbocycles. The van der Waals surface area contributed by atoms with E-state index in [0.29, 0.717) is 6.04 Å². The minimum absolute atomic E-state index is 0.322. The molecule has 0 amide bonds. The van der Waals surface area contributed by atoms with Crippen molar-refractivity contribution in [1.82, 2.24) is 10.6 Å². The number of benzene rings is 1. The monoisotopic (exact) mass is 338 g/mol. The van der Waals surface area contributed by atoms with Gasteiger partial charge in [0.25, 0.3) is 0 Å². The summed E-state index contributed by atoms with van der Waals surface area (Å²) >= 11 is 0. The molecule has 0 aromatic heterocycles. The van der Waals surface area contributed by atoms with Crippen molar-refractivity contribution in [3.8, 4) is 0 Å². The van der Waals surface area contributed by atoms with E-state index in [9.17, 15) is 0 Å². The van der Waals surface area contributed by atoms with Crippen LogP contribution in [0.1, 0.15) is 18.4 Å². The van der Waals surface area contributed by atoms with Gasteiger partial charge in [-0.1, -0.05) is 36.9 Å². The van der Waals surface area contributed by atoms with E-state index in [0.717, 1.165) is 32.0 Å². The predicted molar refractivity (Wildman–Crippen MR) is 96.1 cm³/mol. The third-order valence-electron chi connectivity index (χ3n) is 3.93. The Labute approximate surface area is 141 Å². The average Bonchev–Trinajstić information content (AvgIpc) is 2.61. The number of rotatable bonds is 13.